The van der Waals surface area contributed by atoms with E-state index in [1.54, 1.807) is 18.2 Å². The van der Waals surface area contributed by atoms with Gasteiger partial charge in [-0.2, -0.15) is 21.0 Å². The van der Waals surface area contributed by atoms with Crippen LogP contribution in [-0.2, 0) is 10.1 Å². The Hall–Kier alpha value is -0.520. The van der Waals surface area contributed by atoms with E-state index in [0.29, 0.717) is 0 Å². The van der Waals surface area contributed by atoms with E-state index < -0.39 is 10.1 Å². The van der Waals surface area contributed by atoms with Crippen molar-refractivity contribution in [3.8, 4) is 0 Å². The summed E-state index contributed by atoms with van der Waals surface area (Å²) in [5, 5.41) is 0. The molecule has 23 heavy (non-hydrogen) atoms. The highest BCUT2D eigenvalue weighted by Crippen LogP contribution is 2.10. The zero-order valence-corrected chi connectivity index (χ0v) is 16.0. The normalized spacial score (nSPS) is 10.9. The van der Waals surface area contributed by atoms with Crippen LogP contribution in [0.4, 0.5) is 0 Å². The second-order valence-corrected chi connectivity index (χ2v) is 7.56. The third kappa shape index (κ3) is 14.8. The summed E-state index contributed by atoms with van der Waals surface area (Å²) < 4.78 is 29.2. The molecule has 5 heteroatoms. The van der Waals surface area contributed by atoms with Gasteiger partial charge in [-0.1, -0.05) is 82.9 Å². The maximum absolute atomic E-state index is 10.4. The molecule has 1 rings (SSSR count). The average molecular weight is 361 g/mol. The SMILES string of the molecule is CCCCCCCCCCCCS.O=S(=O)(O)c1ccccc1. The van der Waals surface area contributed by atoms with Crippen molar-refractivity contribution in [2.75, 3.05) is 5.75 Å². The summed E-state index contributed by atoms with van der Waals surface area (Å²) in [6.45, 7) is 2.28. The van der Waals surface area contributed by atoms with Gasteiger partial charge >= 0.3 is 0 Å². The Balaban J connectivity index is 0.000000433. The van der Waals surface area contributed by atoms with Gasteiger partial charge in [0.2, 0.25) is 0 Å². The van der Waals surface area contributed by atoms with Crippen molar-refractivity contribution in [2.45, 2.75) is 76.0 Å². The van der Waals surface area contributed by atoms with Crippen LogP contribution in [0, 0.1) is 0 Å². The van der Waals surface area contributed by atoms with Crippen LogP contribution < -0.4 is 0 Å². The molecule has 0 heterocycles. The van der Waals surface area contributed by atoms with Crippen molar-refractivity contribution in [3.63, 3.8) is 0 Å². The molecule has 0 saturated heterocycles. The third-order valence-corrected chi connectivity index (χ3v) is 4.74. The largest absolute Gasteiger partial charge is 0.294 e. The molecule has 0 aliphatic heterocycles. The van der Waals surface area contributed by atoms with Gasteiger partial charge < -0.3 is 0 Å². The molecule has 3 nitrogen and oxygen atoms in total. The van der Waals surface area contributed by atoms with Gasteiger partial charge in [0.15, 0.2) is 0 Å². The number of rotatable bonds is 11. The first kappa shape index (κ1) is 22.5. The lowest BCUT2D eigenvalue weighted by Crippen LogP contribution is -1.96. The van der Waals surface area contributed by atoms with Crippen molar-refractivity contribution in [2.24, 2.45) is 0 Å². The fourth-order valence-corrected chi connectivity index (χ4v) is 2.92. The first-order chi connectivity index (χ1) is 11.0. The predicted octanol–water partition coefficient (Wildman–Crippen LogP) is 5.77. The molecule has 0 atom stereocenters. The lowest BCUT2D eigenvalue weighted by molar-refractivity contribution is 0.483. The summed E-state index contributed by atoms with van der Waals surface area (Å²) in [6, 6.07) is 7.42. The summed E-state index contributed by atoms with van der Waals surface area (Å²) in [6.07, 6.45) is 14.2. The average Bonchev–Trinajstić information content (AvgIpc) is 2.54. The molecule has 1 aromatic carbocycles. The fraction of sp³-hybridized carbons (Fsp3) is 0.667. The Labute approximate surface area is 148 Å². The quantitative estimate of drug-likeness (QED) is 0.299. The van der Waals surface area contributed by atoms with Crippen LogP contribution in [0.25, 0.3) is 0 Å². The minimum atomic E-state index is -4.00. The molecule has 0 unspecified atom stereocenters. The minimum Gasteiger partial charge on any atom is -0.282 e. The number of benzene rings is 1. The van der Waals surface area contributed by atoms with E-state index in [9.17, 15) is 8.42 Å². The van der Waals surface area contributed by atoms with Gasteiger partial charge in [-0.3, -0.25) is 4.55 Å². The Morgan fingerprint density at radius 2 is 1.26 bits per heavy atom. The smallest absolute Gasteiger partial charge is 0.282 e. The molecule has 0 radical (unpaired) electrons. The molecule has 0 fully saturated rings. The highest BCUT2D eigenvalue weighted by Gasteiger charge is 2.05. The molecular formula is C18H32O3S2. The maximum atomic E-state index is 10.4. The van der Waals surface area contributed by atoms with Gasteiger partial charge in [-0.25, -0.2) is 0 Å². The molecule has 134 valence electrons. The topological polar surface area (TPSA) is 54.4 Å². The highest BCUT2D eigenvalue weighted by molar-refractivity contribution is 7.85. The molecule has 1 aromatic rings. The predicted molar refractivity (Wildman–Crippen MR) is 102 cm³/mol. The van der Waals surface area contributed by atoms with Crippen LogP contribution in [0.5, 0.6) is 0 Å². The molecule has 0 aliphatic carbocycles. The Kier molecular flexibility index (Phi) is 14.7. The van der Waals surface area contributed by atoms with Crippen LogP contribution in [0.2, 0.25) is 0 Å². The number of unbranched alkanes of at least 4 members (excludes halogenated alkanes) is 9. The van der Waals surface area contributed by atoms with E-state index >= 15 is 0 Å². The maximum Gasteiger partial charge on any atom is 0.294 e. The van der Waals surface area contributed by atoms with Crippen molar-refractivity contribution >= 4 is 22.7 Å². The number of hydrogen-bond acceptors (Lipinski definition) is 3. The van der Waals surface area contributed by atoms with Crippen LogP contribution in [0.1, 0.15) is 71.1 Å². The second kappa shape index (κ2) is 15.0. The zero-order chi connectivity index (χ0) is 17.4. The Bertz CT molecular complexity index is 448. The van der Waals surface area contributed by atoms with Crippen LogP contribution in [0.15, 0.2) is 35.2 Å². The minimum absolute atomic E-state index is 0.0741. The lowest BCUT2D eigenvalue weighted by atomic mass is 10.1. The molecule has 0 spiro atoms. The second-order valence-electron chi connectivity index (χ2n) is 5.69. The first-order valence-corrected chi connectivity index (χ1v) is 10.7. The van der Waals surface area contributed by atoms with Gasteiger partial charge in [0.1, 0.15) is 0 Å². The molecule has 0 amide bonds. The van der Waals surface area contributed by atoms with E-state index in [2.05, 4.69) is 19.6 Å². The van der Waals surface area contributed by atoms with E-state index in [-0.39, 0.29) is 4.90 Å². The summed E-state index contributed by atoms with van der Waals surface area (Å²) >= 11 is 4.20. The first-order valence-electron chi connectivity index (χ1n) is 8.65. The number of thiol groups is 1. The number of hydrogen-bond donors (Lipinski definition) is 2. The van der Waals surface area contributed by atoms with Crippen molar-refractivity contribution in [1.82, 2.24) is 0 Å². The third-order valence-electron chi connectivity index (χ3n) is 3.55. The zero-order valence-electron chi connectivity index (χ0n) is 14.3. The van der Waals surface area contributed by atoms with Gasteiger partial charge in [-0.05, 0) is 24.3 Å². The van der Waals surface area contributed by atoms with Crippen molar-refractivity contribution in [1.29, 1.82) is 0 Å². The van der Waals surface area contributed by atoms with Crippen LogP contribution in [-0.4, -0.2) is 18.7 Å². The summed E-state index contributed by atoms with van der Waals surface area (Å²) in [4.78, 5) is -0.0741. The standard InChI is InChI=1S/C12H26S.C6H6O3S/c1-2-3-4-5-6-7-8-9-10-11-12-13;7-10(8,9)6-4-2-1-3-5-6/h13H,2-12H2,1H3;1-5H,(H,7,8,9). The van der Waals surface area contributed by atoms with Gasteiger partial charge in [0.25, 0.3) is 10.1 Å². The fourth-order valence-electron chi connectivity index (χ4n) is 2.19. The monoisotopic (exact) mass is 360 g/mol. The lowest BCUT2D eigenvalue weighted by Gasteiger charge is -2.00. The van der Waals surface area contributed by atoms with E-state index in [1.165, 1.54) is 76.3 Å². The Morgan fingerprint density at radius 1 is 0.826 bits per heavy atom. The molecule has 0 aliphatic rings. The molecule has 0 aromatic heterocycles. The summed E-state index contributed by atoms with van der Waals surface area (Å²) in [5.41, 5.74) is 0. The van der Waals surface area contributed by atoms with Gasteiger partial charge in [0, 0.05) is 0 Å². The van der Waals surface area contributed by atoms with E-state index in [0.717, 1.165) is 5.75 Å². The molecule has 0 saturated carbocycles. The van der Waals surface area contributed by atoms with Gasteiger partial charge in [0.05, 0.1) is 4.90 Å². The van der Waals surface area contributed by atoms with Crippen molar-refractivity contribution in [3.05, 3.63) is 30.3 Å². The van der Waals surface area contributed by atoms with Gasteiger partial charge in [-0.15, -0.1) is 0 Å². The van der Waals surface area contributed by atoms with E-state index in [4.69, 9.17) is 4.55 Å². The Morgan fingerprint density at radius 3 is 1.61 bits per heavy atom. The highest BCUT2D eigenvalue weighted by atomic mass is 32.2. The molecule has 0 bridgehead atoms. The van der Waals surface area contributed by atoms with Crippen LogP contribution in [0.3, 0.4) is 0 Å². The summed E-state index contributed by atoms with van der Waals surface area (Å²) in [7, 11) is -4.00. The summed E-state index contributed by atoms with van der Waals surface area (Å²) in [5.74, 6) is 1.07. The van der Waals surface area contributed by atoms with Crippen molar-refractivity contribution < 1.29 is 13.0 Å². The van der Waals surface area contributed by atoms with E-state index in [1.807, 2.05) is 0 Å². The van der Waals surface area contributed by atoms with Crippen LogP contribution >= 0.6 is 12.6 Å². The molecule has 1 N–H and O–H groups in total. The molecular weight excluding hydrogens is 328 g/mol.